The Labute approximate surface area is 357 Å². The number of fused-ring (bicyclic) bond motifs is 6. The van der Waals surface area contributed by atoms with Gasteiger partial charge >= 0.3 is 0 Å². The zero-order chi connectivity index (χ0) is 41.0. The quantitative estimate of drug-likeness (QED) is 0.161. The second-order valence-electron chi connectivity index (χ2n) is 15.5. The molecule has 0 aliphatic heterocycles. The highest BCUT2D eigenvalue weighted by molar-refractivity contribution is 6.16. The highest BCUT2D eigenvalue weighted by Gasteiger charge is 2.23. The maximum absolute atomic E-state index is 6.70. The van der Waals surface area contributed by atoms with Gasteiger partial charge in [-0.1, -0.05) is 176 Å². The molecule has 0 radical (unpaired) electrons. The van der Waals surface area contributed by atoms with Crippen molar-refractivity contribution in [3.63, 3.8) is 0 Å². The van der Waals surface area contributed by atoms with Gasteiger partial charge in [0.25, 0.3) is 0 Å². The van der Waals surface area contributed by atoms with Crippen LogP contribution >= 0.6 is 0 Å². The van der Waals surface area contributed by atoms with Gasteiger partial charge in [0.1, 0.15) is 22.3 Å². The van der Waals surface area contributed by atoms with Gasteiger partial charge in [0.05, 0.1) is 0 Å². The fourth-order valence-corrected chi connectivity index (χ4v) is 8.88. The minimum atomic E-state index is 0.552. The van der Waals surface area contributed by atoms with Gasteiger partial charge in [0.2, 0.25) is 0 Å². The van der Waals surface area contributed by atoms with Crippen LogP contribution in [0.4, 0.5) is 0 Å². The summed E-state index contributed by atoms with van der Waals surface area (Å²) in [7, 11) is 0. The summed E-state index contributed by atoms with van der Waals surface area (Å²) in [4.78, 5) is 15.8. The maximum Gasteiger partial charge on any atom is 0.164 e. The van der Waals surface area contributed by atoms with Crippen molar-refractivity contribution in [2.24, 2.45) is 0 Å². The third kappa shape index (κ3) is 6.06. The normalized spacial score (nSPS) is 11.5. The predicted octanol–water partition coefficient (Wildman–Crippen LogP) is 15.3. The van der Waals surface area contributed by atoms with Crippen molar-refractivity contribution in [3.05, 3.63) is 212 Å². The summed E-state index contributed by atoms with van der Waals surface area (Å²) < 4.78 is 13.4. The zero-order valence-corrected chi connectivity index (χ0v) is 33.4. The second kappa shape index (κ2) is 14.7. The van der Waals surface area contributed by atoms with Gasteiger partial charge in [-0.25, -0.2) is 15.0 Å². The Kier molecular flexibility index (Phi) is 8.42. The molecule has 62 heavy (non-hydrogen) atoms. The molecular weight excluding hydrogens is 759 g/mol. The predicted molar refractivity (Wildman–Crippen MR) is 252 cm³/mol. The van der Waals surface area contributed by atoms with Crippen molar-refractivity contribution in [2.75, 3.05) is 0 Å². The Balaban J connectivity index is 1.11. The summed E-state index contributed by atoms with van der Waals surface area (Å²) in [5, 5.41) is 3.87. The van der Waals surface area contributed by atoms with Crippen molar-refractivity contribution in [1.29, 1.82) is 0 Å². The van der Waals surface area contributed by atoms with Crippen LogP contribution in [-0.4, -0.2) is 15.0 Å². The second-order valence-corrected chi connectivity index (χ2v) is 15.5. The SMILES string of the molecule is c1ccc(-c2nc(-c3cccc4oc5cc(-c6ccccc6)c(-c6ccccc6)cc5c34)nc(-c3cccc4oc5cc(-c6ccccc6)c(-c6ccccc6)cc5c34)n2)cc1. The summed E-state index contributed by atoms with van der Waals surface area (Å²) in [5.41, 5.74) is 14.6. The van der Waals surface area contributed by atoms with Crippen molar-refractivity contribution < 1.29 is 8.83 Å². The molecule has 0 bridgehead atoms. The first-order valence-electron chi connectivity index (χ1n) is 20.8. The molecule has 12 rings (SSSR count). The topological polar surface area (TPSA) is 65.0 Å². The number of benzene rings is 9. The first-order chi connectivity index (χ1) is 30.7. The molecule has 0 aliphatic carbocycles. The molecule has 12 aromatic rings. The molecule has 0 saturated heterocycles. The van der Waals surface area contributed by atoms with Crippen LogP contribution in [0.2, 0.25) is 0 Å². The van der Waals surface area contributed by atoms with Crippen LogP contribution in [0.5, 0.6) is 0 Å². The maximum atomic E-state index is 6.70. The molecule has 0 atom stereocenters. The van der Waals surface area contributed by atoms with E-state index in [-0.39, 0.29) is 0 Å². The van der Waals surface area contributed by atoms with E-state index in [0.29, 0.717) is 17.5 Å². The van der Waals surface area contributed by atoms with Crippen LogP contribution in [0.1, 0.15) is 0 Å². The molecule has 0 amide bonds. The van der Waals surface area contributed by atoms with Gasteiger partial charge in [-0.05, 0) is 80.9 Å². The fourth-order valence-electron chi connectivity index (χ4n) is 8.88. The summed E-state index contributed by atoms with van der Waals surface area (Å²) in [6.45, 7) is 0. The van der Waals surface area contributed by atoms with Gasteiger partial charge in [0, 0.05) is 38.2 Å². The molecule has 0 fully saturated rings. The lowest BCUT2D eigenvalue weighted by Crippen LogP contribution is -2.00. The monoisotopic (exact) mass is 793 g/mol. The standard InChI is InChI=1S/C57H35N3O2/c1-6-18-36(19-7-1)43-32-47-51(34-45(43)38-22-10-3-11-23-38)61-49-30-16-28-41(53(47)49)56-58-55(40-26-14-5-15-27-40)59-57(60-56)42-29-17-31-50-54(42)48-33-44(37-20-8-2-9-21-37)46(35-52(48)62-50)39-24-12-4-13-25-39/h1-35H. The van der Waals surface area contributed by atoms with Crippen molar-refractivity contribution in [1.82, 2.24) is 15.0 Å². The summed E-state index contributed by atoms with van der Waals surface area (Å²) in [6, 6.07) is 73.3. The van der Waals surface area contributed by atoms with Gasteiger partial charge in [0.15, 0.2) is 17.5 Å². The molecule has 0 saturated carbocycles. The van der Waals surface area contributed by atoms with Gasteiger partial charge < -0.3 is 8.83 Å². The van der Waals surface area contributed by atoms with Crippen molar-refractivity contribution >= 4 is 43.9 Å². The summed E-state index contributed by atoms with van der Waals surface area (Å²) >= 11 is 0. The Morgan fingerprint density at radius 2 is 0.565 bits per heavy atom. The van der Waals surface area contributed by atoms with Crippen molar-refractivity contribution in [3.8, 4) is 78.7 Å². The number of furan rings is 2. The lowest BCUT2D eigenvalue weighted by atomic mass is 9.92. The van der Waals surface area contributed by atoms with Gasteiger partial charge in [-0.3, -0.25) is 0 Å². The van der Waals surface area contributed by atoms with Crippen LogP contribution < -0.4 is 0 Å². The third-order valence-electron chi connectivity index (χ3n) is 11.8. The molecule has 5 nitrogen and oxygen atoms in total. The van der Waals surface area contributed by atoms with E-state index >= 15 is 0 Å². The highest BCUT2D eigenvalue weighted by atomic mass is 16.3. The Bertz CT molecular complexity index is 3380. The number of hydrogen-bond acceptors (Lipinski definition) is 5. The van der Waals surface area contributed by atoms with Crippen LogP contribution in [0.3, 0.4) is 0 Å². The molecule has 3 heterocycles. The van der Waals surface area contributed by atoms with E-state index in [2.05, 4.69) is 146 Å². The number of hydrogen-bond donors (Lipinski definition) is 0. The van der Waals surface area contributed by atoms with Crippen LogP contribution in [0, 0.1) is 0 Å². The fraction of sp³-hybridized carbons (Fsp3) is 0. The number of rotatable bonds is 7. The molecular formula is C57H35N3O2. The minimum absolute atomic E-state index is 0.552. The Morgan fingerprint density at radius 3 is 0.935 bits per heavy atom. The molecule has 0 N–H and O–H groups in total. The Morgan fingerprint density at radius 1 is 0.242 bits per heavy atom. The smallest absolute Gasteiger partial charge is 0.164 e. The molecule has 9 aromatic carbocycles. The largest absolute Gasteiger partial charge is 0.456 e. The van der Waals surface area contributed by atoms with E-state index in [1.54, 1.807) is 0 Å². The molecule has 5 heteroatoms. The van der Waals surface area contributed by atoms with Crippen LogP contribution in [0.15, 0.2) is 221 Å². The van der Waals surface area contributed by atoms with Gasteiger partial charge in [-0.2, -0.15) is 0 Å². The lowest BCUT2D eigenvalue weighted by Gasteiger charge is -2.12. The van der Waals surface area contributed by atoms with E-state index in [9.17, 15) is 0 Å². The average molecular weight is 794 g/mol. The zero-order valence-electron chi connectivity index (χ0n) is 33.4. The van der Waals surface area contributed by atoms with Crippen molar-refractivity contribution in [2.45, 2.75) is 0 Å². The van der Waals surface area contributed by atoms with E-state index < -0.39 is 0 Å². The Hall–Kier alpha value is -8.41. The molecule has 0 spiro atoms. The lowest BCUT2D eigenvalue weighted by molar-refractivity contribution is 0.669. The van der Waals surface area contributed by atoms with Gasteiger partial charge in [-0.15, -0.1) is 0 Å². The first kappa shape index (κ1) is 35.5. The molecule has 0 unspecified atom stereocenters. The molecule has 3 aromatic heterocycles. The average Bonchev–Trinajstić information content (AvgIpc) is 3.92. The first-order valence-corrected chi connectivity index (χ1v) is 20.8. The van der Waals surface area contributed by atoms with Crippen LogP contribution in [0.25, 0.3) is 123 Å². The summed E-state index contributed by atoms with van der Waals surface area (Å²) in [5.74, 6) is 1.68. The molecule has 290 valence electrons. The van der Waals surface area contributed by atoms with E-state index in [4.69, 9.17) is 23.8 Å². The highest BCUT2D eigenvalue weighted by Crippen LogP contribution is 2.45. The number of aromatic nitrogens is 3. The van der Waals surface area contributed by atoms with E-state index in [1.807, 2.05) is 66.7 Å². The summed E-state index contributed by atoms with van der Waals surface area (Å²) in [6.07, 6.45) is 0. The minimum Gasteiger partial charge on any atom is -0.456 e. The number of nitrogens with zero attached hydrogens (tertiary/aromatic N) is 3. The van der Waals surface area contributed by atoms with E-state index in [1.165, 1.54) is 0 Å². The van der Waals surface area contributed by atoms with Crippen LogP contribution in [-0.2, 0) is 0 Å². The van der Waals surface area contributed by atoms with E-state index in [0.717, 1.165) is 105 Å². The molecule has 0 aliphatic rings. The third-order valence-corrected chi connectivity index (χ3v) is 11.8.